The maximum atomic E-state index is 12.9. The van der Waals surface area contributed by atoms with Gasteiger partial charge in [-0.3, -0.25) is 18.5 Å². The van der Waals surface area contributed by atoms with Gasteiger partial charge < -0.3 is 0 Å². The number of hydrogen-bond acceptors (Lipinski definition) is 5. The molecule has 2 aromatic carbocycles. The van der Waals surface area contributed by atoms with Crippen molar-refractivity contribution in [2.45, 2.75) is 13.5 Å². The molecule has 0 spiro atoms. The van der Waals surface area contributed by atoms with Crippen LogP contribution in [0, 0.1) is 6.92 Å². The second kappa shape index (κ2) is 7.82. The first-order valence-corrected chi connectivity index (χ1v) is 9.51. The molecule has 4 rings (SSSR count). The van der Waals surface area contributed by atoms with Crippen LogP contribution in [0.3, 0.4) is 0 Å². The Hall–Kier alpha value is -3.94. The third-order valence-electron chi connectivity index (χ3n) is 4.99. The Kier molecular flexibility index (Phi) is 5.05. The van der Waals surface area contributed by atoms with E-state index in [0.717, 1.165) is 21.3 Å². The van der Waals surface area contributed by atoms with Crippen LogP contribution in [0.25, 0.3) is 11.2 Å². The standard InChI is InChI=1S/C22H22N6O2/c1-15-9-11-17(12-10-15)14-28-18-19(26(2)22(30)27(3)20(18)29)24-21(28)25-23-13-16-7-5-4-6-8-16/h4-13H,14H2,1-3H3,(H,24,25)/b23-13+. The molecule has 0 atom stereocenters. The Bertz CT molecular complexity index is 1350. The number of nitrogens with one attached hydrogen (secondary N) is 1. The highest BCUT2D eigenvalue weighted by Gasteiger charge is 2.19. The van der Waals surface area contributed by atoms with Crippen LogP contribution in [0.15, 0.2) is 69.3 Å². The number of imidazole rings is 1. The molecule has 0 amide bonds. The highest BCUT2D eigenvalue weighted by Crippen LogP contribution is 2.18. The number of nitrogens with zero attached hydrogens (tertiary/aromatic N) is 5. The molecule has 1 N–H and O–H groups in total. The minimum atomic E-state index is -0.424. The van der Waals surface area contributed by atoms with Crippen molar-refractivity contribution in [3.63, 3.8) is 0 Å². The van der Waals surface area contributed by atoms with Gasteiger partial charge in [-0.1, -0.05) is 60.2 Å². The predicted octanol–water partition coefficient (Wildman–Crippen LogP) is 2.24. The van der Waals surface area contributed by atoms with Gasteiger partial charge in [-0.25, -0.2) is 10.2 Å². The first-order chi connectivity index (χ1) is 14.5. The summed E-state index contributed by atoms with van der Waals surface area (Å²) >= 11 is 0. The second-order valence-electron chi connectivity index (χ2n) is 7.17. The van der Waals surface area contributed by atoms with Crippen molar-refractivity contribution in [1.29, 1.82) is 0 Å². The van der Waals surface area contributed by atoms with Gasteiger partial charge in [-0.05, 0) is 18.1 Å². The fourth-order valence-electron chi connectivity index (χ4n) is 3.27. The lowest BCUT2D eigenvalue weighted by atomic mass is 10.1. The van der Waals surface area contributed by atoms with Gasteiger partial charge in [0.2, 0.25) is 5.95 Å². The summed E-state index contributed by atoms with van der Waals surface area (Å²) in [5.41, 5.74) is 5.85. The summed E-state index contributed by atoms with van der Waals surface area (Å²) in [7, 11) is 3.07. The van der Waals surface area contributed by atoms with Crippen LogP contribution in [0.2, 0.25) is 0 Å². The van der Waals surface area contributed by atoms with Crippen molar-refractivity contribution in [2.24, 2.45) is 19.2 Å². The molecule has 30 heavy (non-hydrogen) atoms. The lowest BCUT2D eigenvalue weighted by molar-refractivity contribution is 0.702. The van der Waals surface area contributed by atoms with Crippen LogP contribution >= 0.6 is 0 Å². The van der Waals surface area contributed by atoms with E-state index in [-0.39, 0.29) is 0 Å². The molecule has 0 aliphatic carbocycles. The molecule has 0 bridgehead atoms. The first-order valence-electron chi connectivity index (χ1n) is 9.51. The molecule has 0 fully saturated rings. The van der Waals surface area contributed by atoms with Crippen molar-refractivity contribution in [2.75, 3.05) is 5.43 Å². The minimum Gasteiger partial charge on any atom is -0.298 e. The van der Waals surface area contributed by atoms with Crippen LogP contribution in [-0.2, 0) is 20.6 Å². The van der Waals surface area contributed by atoms with Crippen LogP contribution in [0.5, 0.6) is 0 Å². The molecular formula is C22H22N6O2. The zero-order valence-electron chi connectivity index (χ0n) is 17.0. The summed E-state index contributed by atoms with van der Waals surface area (Å²) in [6.45, 7) is 2.43. The van der Waals surface area contributed by atoms with E-state index in [9.17, 15) is 9.59 Å². The number of aryl methyl sites for hydroxylation is 2. The first kappa shape index (κ1) is 19.4. The normalized spacial score (nSPS) is 11.4. The van der Waals surface area contributed by atoms with Crippen LogP contribution < -0.4 is 16.7 Å². The largest absolute Gasteiger partial charge is 0.332 e. The molecule has 0 aliphatic rings. The Morgan fingerprint density at radius 3 is 2.40 bits per heavy atom. The van der Waals surface area contributed by atoms with Gasteiger partial charge in [0.1, 0.15) is 0 Å². The van der Waals surface area contributed by atoms with Crippen molar-refractivity contribution < 1.29 is 0 Å². The minimum absolute atomic E-state index is 0.313. The summed E-state index contributed by atoms with van der Waals surface area (Å²) in [6.07, 6.45) is 1.67. The van der Waals surface area contributed by atoms with Crippen LogP contribution in [0.1, 0.15) is 16.7 Å². The lowest BCUT2D eigenvalue weighted by Crippen LogP contribution is -2.37. The summed E-state index contributed by atoms with van der Waals surface area (Å²) < 4.78 is 4.21. The topological polar surface area (TPSA) is 86.2 Å². The molecule has 0 unspecified atom stereocenters. The monoisotopic (exact) mass is 402 g/mol. The highest BCUT2D eigenvalue weighted by atomic mass is 16.2. The number of anilines is 1. The number of hydrogen-bond donors (Lipinski definition) is 1. The van der Waals surface area contributed by atoms with E-state index in [1.54, 1.807) is 17.8 Å². The quantitative estimate of drug-likeness (QED) is 0.410. The summed E-state index contributed by atoms with van der Waals surface area (Å²) in [4.78, 5) is 29.8. The van der Waals surface area contributed by atoms with Crippen molar-refractivity contribution in [3.05, 3.63) is 92.1 Å². The van der Waals surface area contributed by atoms with Gasteiger partial charge in [0.15, 0.2) is 11.2 Å². The molecule has 0 aliphatic heterocycles. The molecule has 4 aromatic rings. The average Bonchev–Trinajstić information content (AvgIpc) is 3.11. The van der Waals surface area contributed by atoms with Gasteiger partial charge >= 0.3 is 5.69 Å². The van der Waals surface area contributed by atoms with E-state index in [1.807, 2.05) is 61.5 Å². The molecule has 152 valence electrons. The Morgan fingerprint density at radius 2 is 1.70 bits per heavy atom. The van der Waals surface area contributed by atoms with E-state index in [2.05, 4.69) is 15.5 Å². The van der Waals surface area contributed by atoms with E-state index in [0.29, 0.717) is 23.7 Å². The second-order valence-corrected chi connectivity index (χ2v) is 7.17. The summed E-state index contributed by atoms with van der Waals surface area (Å²) in [5, 5.41) is 4.27. The summed E-state index contributed by atoms with van der Waals surface area (Å²) in [5.74, 6) is 0.385. The Morgan fingerprint density at radius 1 is 1.00 bits per heavy atom. The van der Waals surface area contributed by atoms with E-state index in [1.165, 1.54) is 11.6 Å². The van der Waals surface area contributed by atoms with E-state index < -0.39 is 11.2 Å². The van der Waals surface area contributed by atoms with Gasteiger partial charge in [-0.15, -0.1) is 0 Å². The van der Waals surface area contributed by atoms with Gasteiger partial charge in [-0.2, -0.15) is 10.1 Å². The van der Waals surface area contributed by atoms with Gasteiger partial charge in [0.05, 0.1) is 12.8 Å². The Balaban J connectivity index is 1.83. The van der Waals surface area contributed by atoms with Crippen molar-refractivity contribution in [1.82, 2.24) is 18.7 Å². The molecule has 2 heterocycles. The fourth-order valence-corrected chi connectivity index (χ4v) is 3.27. The average molecular weight is 402 g/mol. The third kappa shape index (κ3) is 3.55. The maximum Gasteiger partial charge on any atom is 0.332 e. The zero-order chi connectivity index (χ0) is 21.3. The van der Waals surface area contributed by atoms with E-state index in [4.69, 9.17) is 0 Å². The maximum absolute atomic E-state index is 12.9. The fraction of sp³-hybridized carbons (Fsp3) is 0.182. The predicted molar refractivity (Wildman–Crippen MR) is 118 cm³/mol. The van der Waals surface area contributed by atoms with Gasteiger partial charge in [0, 0.05) is 14.1 Å². The molecule has 0 saturated carbocycles. The molecule has 0 saturated heterocycles. The van der Waals surface area contributed by atoms with E-state index >= 15 is 0 Å². The number of aromatic nitrogens is 4. The number of hydrazone groups is 1. The molecular weight excluding hydrogens is 380 g/mol. The smallest absolute Gasteiger partial charge is 0.298 e. The molecule has 8 heteroatoms. The molecule has 0 radical (unpaired) electrons. The van der Waals surface area contributed by atoms with Crippen molar-refractivity contribution in [3.8, 4) is 0 Å². The third-order valence-corrected chi connectivity index (χ3v) is 4.99. The zero-order valence-corrected chi connectivity index (χ0v) is 17.0. The molecule has 8 nitrogen and oxygen atoms in total. The highest BCUT2D eigenvalue weighted by molar-refractivity contribution is 5.80. The van der Waals surface area contributed by atoms with Crippen LogP contribution in [-0.4, -0.2) is 24.9 Å². The van der Waals surface area contributed by atoms with Gasteiger partial charge in [0.25, 0.3) is 5.56 Å². The molecule has 2 aromatic heterocycles. The lowest BCUT2D eigenvalue weighted by Gasteiger charge is -2.09. The SMILES string of the molecule is Cc1ccc(Cn2c(N/N=C/c3ccccc3)nc3c2c(=O)n(C)c(=O)n3C)cc1. The Labute approximate surface area is 172 Å². The van der Waals surface area contributed by atoms with Crippen LogP contribution in [0.4, 0.5) is 5.95 Å². The number of benzene rings is 2. The number of rotatable bonds is 5. The number of fused-ring (bicyclic) bond motifs is 1. The van der Waals surface area contributed by atoms with Crippen molar-refractivity contribution >= 4 is 23.3 Å². The summed E-state index contributed by atoms with van der Waals surface area (Å²) in [6, 6.07) is 17.7.